The SMILES string of the molecule is CC(O)CCN(C)Cc1cc2c(cc1N)OCCO2. The topological polar surface area (TPSA) is 68.0 Å². The van der Waals surface area contributed by atoms with Crippen LogP contribution in [-0.4, -0.2) is 42.9 Å². The van der Waals surface area contributed by atoms with Gasteiger partial charge in [0.1, 0.15) is 13.2 Å². The van der Waals surface area contributed by atoms with Crippen LogP contribution in [0.2, 0.25) is 0 Å². The summed E-state index contributed by atoms with van der Waals surface area (Å²) >= 11 is 0. The third-order valence-corrected chi connectivity index (χ3v) is 3.17. The first kappa shape index (κ1) is 14.0. The molecule has 1 aliphatic rings. The van der Waals surface area contributed by atoms with E-state index >= 15 is 0 Å². The van der Waals surface area contributed by atoms with Crippen LogP contribution in [0.4, 0.5) is 5.69 Å². The molecule has 1 aliphatic heterocycles. The van der Waals surface area contributed by atoms with Crippen LogP contribution < -0.4 is 15.2 Å². The molecule has 1 aromatic carbocycles. The Morgan fingerprint density at radius 2 is 1.95 bits per heavy atom. The number of hydrogen-bond donors (Lipinski definition) is 2. The number of anilines is 1. The molecule has 0 radical (unpaired) electrons. The average molecular weight is 266 g/mol. The monoisotopic (exact) mass is 266 g/mol. The molecule has 1 aromatic rings. The number of nitrogen functional groups attached to an aromatic ring is 1. The summed E-state index contributed by atoms with van der Waals surface area (Å²) in [4.78, 5) is 2.13. The van der Waals surface area contributed by atoms with Crippen LogP contribution in [0.25, 0.3) is 0 Å². The van der Waals surface area contributed by atoms with Gasteiger partial charge in [-0.25, -0.2) is 0 Å². The molecule has 0 amide bonds. The van der Waals surface area contributed by atoms with Gasteiger partial charge in [0.25, 0.3) is 0 Å². The lowest BCUT2D eigenvalue weighted by Gasteiger charge is -2.22. The van der Waals surface area contributed by atoms with Gasteiger partial charge >= 0.3 is 0 Å². The summed E-state index contributed by atoms with van der Waals surface area (Å²) in [7, 11) is 2.01. The summed E-state index contributed by atoms with van der Waals surface area (Å²) in [6, 6.07) is 3.77. The lowest BCUT2D eigenvalue weighted by atomic mass is 10.1. The molecular weight excluding hydrogens is 244 g/mol. The van der Waals surface area contributed by atoms with Gasteiger partial charge in [0.05, 0.1) is 6.10 Å². The van der Waals surface area contributed by atoms with E-state index in [9.17, 15) is 5.11 Å². The highest BCUT2D eigenvalue weighted by atomic mass is 16.6. The van der Waals surface area contributed by atoms with Gasteiger partial charge in [-0.1, -0.05) is 0 Å². The number of rotatable bonds is 5. The van der Waals surface area contributed by atoms with Gasteiger partial charge in [-0.2, -0.15) is 0 Å². The number of fused-ring (bicyclic) bond motifs is 1. The Bertz CT molecular complexity index is 435. The van der Waals surface area contributed by atoms with Gasteiger partial charge in [0, 0.05) is 24.8 Å². The van der Waals surface area contributed by atoms with Gasteiger partial charge in [-0.15, -0.1) is 0 Å². The molecule has 0 bridgehead atoms. The third-order valence-electron chi connectivity index (χ3n) is 3.17. The van der Waals surface area contributed by atoms with Gasteiger partial charge in [-0.05, 0) is 32.0 Å². The Balaban J connectivity index is 2.03. The summed E-state index contributed by atoms with van der Waals surface area (Å²) in [5.74, 6) is 1.48. The summed E-state index contributed by atoms with van der Waals surface area (Å²) < 4.78 is 11.1. The minimum atomic E-state index is -0.278. The summed E-state index contributed by atoms with van der Waals surface area (Å²) in [5.41, 5.74) is 7.78. The fourth-order valence-corrected chi connectivity index (χ4v) is 2.06. The van der Waals surface area contributed by atoms with Crippen molar-refractivity contribution < 1.29 is 14.6 Å². The molecule has 19 heavy (non-hydrogen) atoms. The molecule has 3 N–H and O–H groups in total. The number of aliphatic hydroxyl groups excluding tert-OH is 1. The normalized spacial score (nSPS) is 15.6. The number of nitrogens with two attached hydrogens (primary N) is 1. The Labute approximate surface area is 113 Å². The summed E-state index contributed by atoms with van der Waals surface area (Å²) in [6.45, 7) is 4.50. The molecule has 1 unspecified atom stereocenters. The van der Waals surface area contributed by atoms with E-state index < -0.39 is 0 Å². The van der Waals surface area contributed by atoms with Crippen LogP contribution in [0.15, 0.2) is 12.1 Å². The molecule has 0 saturated carbocycles. The van der Waals surface area contributed by atoms with Crippen molar-refractivity contribution in [2.75, 3.05) is 32.5 Å². The first-order chi connectivity index (χ1) is 9.06. The highest BCUT2D eigenvalue weighted by Gasteiger charge is 2.15. The number of ether oxygens (including phenoxy) is 2. The maximum Gasteiger partial charge on any atom is 0.163 e. The van der Waals surface area contributed by atoms with Crippen LogP contribution in [0.5, 0.6) is 11.5 Å². The first-order valence-electron chi connectivity index (χ1n) is 6.61. The Hall–Kier alpha value is -1.46. The van der Waals surface area contributed by atoms with Crippen molar-refractivity contribution in [2.45, 2.75) is 26.0 Å². The number of benzene rings is 1. The van der Waals surface area contributed by atoms with Crippen LogP contribution in [0, 0.1) is 0 Å². The molecule has 1 heterocycles. The van der Waals surface area contributed by atoms with Gasteiger partial charge in [-0.3, -0.25) is 0 Å². The zero-order valence-electron chi connectivity index (χ0n) is 11.6. The summed E-state index contributed by atoms with van der Waals surface area (Å²) in [5, 5.41) is 9.29. The fraction of sp³-hybridized carbons (Fsp3) is 0.571. The highest BCUT2D eigenvalue weighted by molar-refractivity contribution is 5.58. The molecule has 1 atom stereocenters. The van der Waals surface area contributed by atoms with E-state index in [1.165, 1.54) is 0 Å². The van der Waals surface area contributed by atoms with E-state index in [2.05, 4.69) is 4.90 Å². The average Bonchev–Trinajstić information content (AvgIpc) is 2.37. The van der Waals surface area contributed by atoms with E-state index in [1.54, 1.807) is 6.92 Å². The molecule has 0 spiro atoms. The van der Waals surface area contributed by atoms with Crippen molar-refractivity contribution in [3.63, 3.8) is 0 Å². The van der Waals surface area contributed by atoms with Crippen molar-refractivity contribution >= 4 is 5.69 Å². The lowest BCUT2D eigenvalue weighted by molar-refractivity contribution is 0.162. The zero-order chi connectivity index (χ0) is 13.8. The molecule has 2 rings (SSSR count). The van der Waals surface area contributed by atoms with E-state index in [4.69, 9.17) is 15.2 Å². The van der Waals surface area contributed by atoms with Gasteiger partial charge < -0.3 is 25.2 Å². The molecule has 0 aromatic heterocycles. The first-order valence-corrected chi connectivity index (χ1v) is 6.61. The largest absolute Gasteiger partial charge is 0.486 e. The van der Waals surface area contributed by atoms with E-state index in [0.717, 1.165) is 36.6 Å². The highest BCUT2D eigenvalue weighted by Crippen LogP contribution is 2.34. The molecule has 0 aliphatic carbocycles. The van der Waals surface area contributed by atoms with E-state index in [-0.39, 0.29) is 6.10 Å². The van der Waals surface area contributed by atoms with E-state index in [0.29, 0.717) is 18.9 Å². The lowest BCUT2D eigenvalue weighted by Crippen LogP contribution is -2.23. The molecular formula is C14H22N2O3. The maximum absolute atomic E-state index is 9.29. The minimum Gasteiger partial charge on any atom is -0.486 e. The predicted molar refractivity (Wildman–Crippen MR) is 74.5 cm³/mol. The molecule has 106 valence electrons. The van der Waals surface area contributed by atoms with Crippen molar-refractivity contribution in [1.29, 1.82) is 0 Å². The maximum atomic E-state index is 9.29. The fourth-order valence-electron chi connectivity index (χ4n) is 2.06. The van der Waals surface area contributed by atoms with E-state index in [1.807, 2.05) is 19.2 Å². The molecule has 0 saturated heterocycles. The predicted octanol–water partition coefficient (Wildman–Crippen LogP) is 1.24. The molecule has 0 fully saturated rings. The van der Waals surface area contributed by atoms with Crippen molar-refractivity contribution in [2.24, 2.45) is 0 Å². The van der Waals surface area contributed by atoms with Crippen molar-refractivity contribution in [3.05, 3.63) is 17.7 Å². The Morgan fingerprint density at radius 1 is 1.32 bits per heavy atom. The molecule has 5 heteroatoms. The van der Waals surface area contributed by atoms with Crippen LogP contribution in [0.3, 0.4) is 0 Å². The van der Waals surface area contributed by atoms with Gasteiger partial charge in [0.15, 0.2) is 11.5 Å². The van der Waals surface area contributed by atoms with Crippen molar-refractivity contribution in [3.8, 4) is 11.5 Å². The number of aliphatic hydroxyl groups is 1. The number of hydrogen-bond acceptors (Lipinski definition) is 5. The third kappa shape index (κ3) is 3.75. The Morgan fingerprint density at radius 3 is 2.58 bits per heavy atom. The second kappa shape index (κ2) is 6.12. The smallest absolute Gasteiger partial charge is 0.163 e. The number of nitrogens with zero attached hydrogens (tertiary/aromatic N) is 1. The molecule has 5 nitrogen and oxygen atoms in total. The van der Waals surface area contributed by atoms with Crippen LogP contribution in [-0.2, 0) is 6.54 Å². The second-order valence-electron chi connectivity index (χ2n) is 5.07. The summed E-state index contributed by atoms with van der Waals surface area (Å²) in [6.07, 6.45) is 0.473. The second-order valence-corrected chi connectivity index (χ2v) is 5.07. The van der Waals surface area contributed by atoms with Gasteiger partial charge in [0.2, 0.25) is 0 Å². The minimum absolute atomic E-state index is 0.278. The quantitative estimate of drug-likeness (QED) is 0.785. The Kier molecular flexibility index (Phi) is 4.50. The van der Waals surface area contributed by atoms with Crippen LogP contribution in [0.1, 0.15) is 18.9 Å². The van der Waals surface area contributed by atoms with Crippen LogP contribution >= 0.6 is 0 Å². The standard InChI is InChI=1S/C14H22N2O3/c1-10(17)3-4-16(2)9-11-7-13-14(8-12(11)15)19-6-5-18-13/h7-8,10,17H,3-6,9,15H2,1-2H3. The van der Waals surface area contributed by atoms with Crippen molar-refractivity contribution in [1.82, 2.24) is 4.90 Å². The zero-order valence-corrected chi connectivity index (χ0v) is 11.6.